The number of hydrogen-bond acceptors (Lipinski definition) is 2. The molecule has 1 unspecified atom stereocenters. The van der Waals surface area contributed by atoms with Crippen molar-refractivity contribution in [2.45, 2.75) is 39.2 Å². The zero-order chi connectivity index (χ0) is 10.3. The summed E-state index contributed by atoms with van der Waals surface area (Å²) in [6.45, 7) is 5.40. The summed E-state index contributed by atoms with van der Waals surface area (Å²) in [6.07, 6.45) is 3.34. The van der Waals surface area contributed by atoms with Crippen LogP contribution in [0.4, 0.5) is 0 Å². The Morgan fingerprint density at radius 3 is 2.79 bits per heavy atom. The summed E-state index contributed by atoms with van der Waals surface area (Å²) in [6, 6.07) is -0.285. The van der Waals surface area contributed by atoms with Crippen LogP contribution in [0, 0.1) is 17.3 Å². The van der Waals surface area contributed by atoms with Gasteiger partial charge in [-0.3, -0.25) is 4.79 Å². The van der Waals surface area contributed by atoms with E-state index in [4.69, 9.17) is 5.11 Å². The number of hydrogen-bond donors (Lipinski definition) is 2. The van der Waals surface area contributed by atoms with Gasteiger partial charge in [0.1, 0.15) is 6.04 Å². The lowest BCUT2D eigenvalue weighted by atomic mass is 9.95. The lowest BCUT2D eigenvalue weighted by Crippen LogP contribution is -2.29. The minimum atomic E-state index is -0.683. The van der Waals surface area contributed by atoms with Gasteiger partial charge in [-0.25, -0.2) is 0 Å². The largest absolute Gasteiger partial charge is 0.480 e. The Hall–Kier alpha value is -0.570. The highest BCUT2D eigenvalue weighted by molar-refractivity contribution is 5.74. The molecule has 3 nitrogen and oxygen atoms in total. The van der Waals surface area contributed by atoms with Crippen LogP contribution < -0.4 is 5.32 Å². The van der Waals surface area contributed by atoms with Crippen LogP contribution in [-0.2, 0) is 4.79 Å². The average Bonchev–Trinajstić information content (AvgIpc) is 2.57. The van der Waals surface area contributed by atoms with Crippen LogP contribution in [0.5, 0.6) is 0 Å². The Morgan fingerprint density at radius 2 is 2.29 bits per heavy atom. The van der Waals surface area contributed by atoms with E-state index in [0.717, 1.165) is 24.8 Å². The van der Waals surface area contributed by atoms with Crippen LogP contribution in [-0.4, -0.2) is 23.7 Å². The summed E-state index contributed by atoms with van der Waals surface area (Å²) in [5.41, 5.74) is 0.354. The van der Waals surface area contributed by atoms with Gasteiger partial charge in [-0.15, -0.1) is 0 Å². The van der Waals surface area contributed by atoms with Gasteiger partial charge in [-0.05, 0) is 36.5 Å². The van der Waals surface area contributed by atoms with Crippen molar-refractivity contribution in [3.05, 3.63) is 0 Å². The first kappa shape index (κ1) is 9.97. The molecule has 1 spiro atoms. The maximum absolute atomic E-state index is 10.8. The number of carbonyl (C=O) groups is 1. The molecule has 0 radical (unpaired) electrons. The van der Waals surface area contributed by atoms with Crippen LogP contribution in [0.3, 0.4) is 0 Å². The topological polar surface area (TPSA) is 49.3 Å². The van der Waals surface area contributed by atoms with Gasteiger partial charge < -0.3 is 10.4 Å². The van der Waals surface area contributed by atoms with Gasteiger partial charge in [0.15, 0.2) is 0 Å². The maximum Gasteiger partial charge on any atom is 0.320 e. The zero-order valence-electron chi connectivity index (χ0n) is 8.92. The van der Waals surface area contributed by atoms with E-state index in [2.05, 4.69) is 19.2 Å². The van der Waals surface area contributed by atoms with Crippen molar-refractivity contribution in [2.24, 2.45) is 17.3 Å². The van der Waals surface area contributed by atoms with Gasteiger partial charge in [0.25, 0.3) is 0 Å². The van der Waals surface area contributed by atoms with Crippen molar-refractivity contribution < 1.29 is 9.90 Å². The molecule has 3 heteroatoms. The lowest BCUT2D eigenvalue weighted by molar-refractivity contribution is -0.139. The Kier molecular flexibility index (Phi) is 2.30. The molecule has 2 fully saturated rings. The Labute approximate surface area is 84.9 Å². The molecule has 1 aliphatic carbocycles. The normalized spacial score (nSPS) is 40.8. The Balaban J connectivity index is 1.88. The fraction of sp³-hybridized carbons (Fsp3) is 0.909. The van der Waals surface area contributed by atoms with Crippen LogP contribution in [0.15, 0.2) is 0 Å². The summed E-state index contributed by atoms with van der Waals surface area (Å²) in [7, 11) is 0. The molecule has 1 aliphatic heterocycles. The Morgan fingerprint density at radius 1 is 1.57 bits per heavy atom. The number of rotatable bonds is 3. The van der Waals surface area contributed by atoms with Crippen LogP contribution in [0.1, 0.15) is 33.1 Å². The van der Waals surface area contributed by atoms with Gasteiger partial charge in [-0.2, -0.15) is 0 Å². The second-order valence-corrected chi connectivity index (χ2v) is 5.37. The first-order valence-corrected chi connectivity index (χ1v) is 5.50. The maximum atomic E-state index is 10.8. The van der Waals surface area contributed by atoms with Gasteiger partial charge in [0, 0.05) is 6.54 Å². The molecule has 0 aromatic heterocycles. The van der Waals surface area contributed by atoms with E-state index in [1.165, 1.54) is 12.8 Å². The second-order valence-electron chi connectivity index (χ2n) is 5.37. The molecule has 1 heterocycles. The fourth-order valence-corrected chi connectivity index (χ4v) is 2.85. The van der Waals surface area contributed by atoms with Crippen molar-refractivity contribution >= 4 is 5.97 Å². The molecular weight excluding hydrogens is 178 g/mol. The summed E-state index contributed by atoms with van der Waals surface area (Å²) in [5, 5.41) is 12.0. The molecule has 0 aromatic rings. The highest BCUT2D eigenvalue weighted by atomic mass is 16.4. The minimum Gasteiger partial charge on any atom is -0.480 e. The standard InChI is InChI=1S/C11H19NO2/c1-7(2)3-8-4-11(8)5-9(10(13)14)12-6-11/h7-9,12H,3-6H2,1-2H3,(H,13,14)/t8?,9-,11-/m0/s1. The smallest absolute Gasteiger partial charge is 0.320 e. The Bertz CT molecular complexity index is 252. The summed E-state index contributed by atoms with van der Waals surface area (Å²) < 4.78 is 0. The predicted octanol–water partition coefficient (Wildman–Crippen LogP) is 1.49. The van der Waals surface area contributed by atoms with E-state index < -0.39 is 5.97 Å². The van der Waals surface area contributed by atoms with E-state index in [0.29, 0.717) is 5.41 Å². The number of carboxylic acid groups (broad SMARTS) is 1. The van der Waals surface area contributed by atoms with E-state index in [-0.39, 0.29) is 6.04 Å². The molecule has 1 saturated carbocycles. The molecule has 2 aliphatic rings. The third kappa shape index (κ3) is 1.65. The SMILES string of the molecule is CC(C)CC1C[C@]12CN[C@H](C(=O)O)C2. The van der Waals surface area contributed by atoms with Gasteiger partial charge in [0.2, 0.25) is 0 Å². The number of nitrogens with one attached hydrogen (secondary N) is 1. The third-order valence-electron chi connectivity index (χ3n) is 3.72. The molecule has 2 rings (SSSR count). The molecule has 80 valence electrons. The van der Waals surface area contributed by atoms with Crippen LogP contribution >= 0.6 is 0 Å². The van der Waals surface area contributed by atoms with Crippen LogP contribution in [0.25, 0.3) is 0 Å². The van der Waals surface area contributed by atoms with Crippen molar-refractivity contribution in [3.63, 3.8) is 0 Å². The molecule has 14 heavy (non-hydrogen) atoms. The molecular formula is C11H19NO2. The number of aliphatic carboxylic acids is 1. The molecule has 1 saturated heterocycles. The highest BCUT2D eigenvalue weighted by Crippen LogP contribution is 2.60. The van der Waals surface area contributed by atoms with Crippen molar-refractivity contribution in [3.8, 4) is 0 Å². The fourth-order valence-electron chi connectivity index (χ4n) is 2.85. The average molecular weight is 197 g/mol. The predicted molar refractivity (Wildman–Crippen MR) is 54.0 cm³/mol. The molecule has 0 aromatic carbocycles. The van der Waals surface area contributed by atoms with E-state index in [1.54, 1.807) is 0 Å². The van der Waals surface area contributed by atoms with Gasteiger partial charge in [0.05, 0.1) is 0 Å². The zero-order valence-corrected chi connectivity index (χ0v) is 8.92. The monoisotopic (exact) mass is 197 g/mol. The van der Waals surface area contributed by atoms with Crippen LogP contribution in [0.2, 0.25) is 0 Å². The second kappa shape index (κ2) is 3.23. The summed E-state index contributed by atoms with van der Waals surface area (Å²) in [4.78, 5) is 10.8. The number of carboxylic acids is 1. The third-order valence-corrected chi connectivity index (χ3v) is 3.72. The molecule has 2 N–H and O–H groups in total. The van der Waals surface area contributed by atoms with E-state index in [9.17, 15) is 4.79 Å². The summed E-state index contributed by atoms with van der Waals surface area (Å²) in [5.74, 6) is 0.833. The first-order chi connectivity index (χ1) is 6.53. The van der Waals surface area contributed by atoms with Crippen molar-refractivity contribution in [2.75, 3.05) is 6.54 Å². The summed E-state index contributed by atoms with van der Waals surface area (Å²) >= 11 is 0. The minimum absolute atomic E-state index is 0.285. The van der Waals surface area contributed by atoms with E-state index >= 15 is 0 Å². The van der Waals surface area contributed by atoms with E-state index in [1.807, 2.05) is 0 Å². The quantitative estimate of drug-likeness (QED) is 0.720. The molecule has 0 amide bonds. The van der Waals surface area contributed by atoms with Crippen molar-refractivity contribution in [1.82, 2.24) is 5.32 Å². The molecule has 0 bridgehead atoms. The lowest BCUT2D eigenvalue weighted by Gasteiger charge is -2.09. The highest BCUT2D eigenvalue weighted by Gasteiger charge is 2.58. The molecule has 3 atom stereocenters. The van der Waals surface area contributed by atoms with Crippen molar-refractivity contribution in [1.29, 1.82) is 0 Å². The van der Waals surface area contributed by atoms with Gasteiger partial charge >= 0.3 is 5.97 Å². The first-order valence-electron chi connectivity index (χ1n) is 5.50. The van der Waals surface area contributed by atoms with Gasteiger partial charge in [-0.1, -0.05) is 13.8 Å².